The molecule has 0 atom stereocenters. The lowest BCUT2D eigenvalue weighted by molar-refractivity contribution is 0.424. The molecule has 0 bridgehead atoms. The molecule has 2 aromatic rings. The van der Waals surface area contributed by atoms with Gasteiger partial charge >= 0.3 is 0 Å². The summed E-state index contributed by atoms with van der Waals surface area (Å²) in [6, 6.07) is 6.43. The van der Waals surface area contributed by atoms with E-state index in [4.69, 9.17) is 22.1 Å². The molecule has 0 spiro atoms. The molecule has 5 heteroatoms. The van der Waals surface area contributed by atoms with Gasteiger partial charge in [-0.2, -0.15) is 0 Å². The molecule has 1 heterocycles. The summed E-state index contributed by atoms with van der Waals surface area (Å²) in [5, 5.41) is 0.0173. The zero-order valence-corrected chi connectivity index (χ0v) is 10.5. The van der Waals surface area contributed by atoms with Crippen LogP contribution in [0.5, 0.6) is 11.6 Å². The molecule has 0 aliphatic heterocycles. The summed E-state index contributed by atoms with van der Waals surface area (Å²) in [4.78, 5) is 4.10. The highest BCUT2D eigenvalue weighted by molar-refractivity contribution is 6.30. The molecule has 0 saturated heterocycles. The maximum Gasteiger partial charge on any atom is 0.222 e. The zero-order chi connectivity index (χ0) is 13.1. The quantitative estimate of drug-likeness (QED) is 0.926. The summed E-state index contributed by atoms with van der Waals surface area (Å²) in [7, 11) is 0. The average molecular weight is 267 g/mol. The predicted molar refractivity (Wildman–Crippen MR) is 68.3 cm³/mol. The lowest BCUT2D eigenvalue weighted by atomic mass is 10.2. The zero-order valence-electron chi connectivity index (χ0n) is 9.78. The fraction of sp³-hybridized carbons (Fsp3) is 0.154. The highest BCUT2D eigenvalue weighted by Crippen LogP contribution is 2.29. The Morgan fingerprint density at radius 1 is 1.44 bits per heavy atom. The number of ether oxygens (including phenoxy) is 1. The fourth-order valence-corrected chi connectivity index (χ4v) is 1.67. The standard InChI is InChI=1S/C13H12ClFN2O/c1-8-5-9(6-16)7-17-13(8)18-11-4-2-3-10(14)12(11)15/h2-5,7H,6,16H2,1H3. The lowest BCUT2D eigenvalue weighted by Gasteiger charge is -2.09. The second-order valence-electron chi connectivity index (χ2n) is 3.82. The van der Waals surface area contributed by atoms with Crippen LogP contribution in [0.2, 0.25) is 5.02 Å². The van der Waals surface area contributed by atoms with Crippen molar-refractivity contribution >= 4 is 11.6 Å². The van der Waals surface area contributed by atoms with Crippen LogP contribution in [-0.4, -0.2) is 4.98 Å². The maximum atomic E-state index is 13.7. The minimum atomic E-state index is -0.594. The lowest BCUT2D eigenvalue weighted by Crippen LogP contribution is -2.00. The van der Waals surface area contributed by atoms with Crippen LogP contribution < -0.4 is 10.5 Å². The van der Waals surface area contributed by atoms with Crippen LogP contribution in [-0.2, 0) is 6.54 Å². The van der Waals surface area contributed by atoms with E-state index in [1.165, 1.54) is 12.1 Å². The van der Waals surface area contributed by atoms with Crippen LogP contribution in [0.4, 0.5) is 4.39 Å². The van der Waals surface area contributed by atoms with Gasteiger partial charge in [-0.25, -0.2) is 9.37 Å². The molecule has 18 heavy (non-hydrogen) atoms. The largest absolute Gasteiger partial charge is 0.436 e. The number of nitrogens with zero attached hydrogens (tertiary/aromatic N) is 1. The minimum absolute atomic E-state index is 0.0173. The van der Waals surface area contributed by atoms with Crippen LogP contribution in [0.3, 0.4) is 0 Å². The molecule has 1 aromatic carbocycles. The van der Waals surface area contributed by atoms with Crippen molar-refractivity contribution in [2.24, 2.45) is 5.73 Å². The van der Waals surface area contributed by atoms with Crippen molar-refractivity contribution in [3.8, 4) is 11.6 Å². The Morgan fingerprint density at radius 3 is 2.89 bits per heavy atom. The topological polar surface area (TPSA) is 48.1 Å². The first kappa shape index (κ1) is 12.8. The Hall–Kier alpha value is -1.65. The first-order chi connectivity index (χ1) is 8.61. The third-order valence-electron chi connectivity index (χ3n) is 2.45. The van der Waals surface area contributed by atoms with Crippen molar-refractivity contribution in [2.75, 3.05) is 0 Å². The van der Waals surface area contributed by atoms with E-state index in [1.54, 1.807) is 12.3 Å². The highest BCUT2D eigenvalue weighted by Gasteiger charge is 2.10. The van der Waals surface area contributed by atoms with E-state index in [1.807, 2.05) is 13.0 Å². The van der Waals surface area contributed by atoms with E-state index in [9.17, 15) is 4.39 Å². The number of nitrogens with two attached hydrogens (primary N) is 1. The van der Waals surface area contributed by atoms with Crippen LogP contribution in [0.25, 0.3) is 0 Å². The molecule has 94 valence electrons. The van der Waals surface area contributed by atoms with Crippen molar-refractivity contribution in [1.82, 2.24) is 4.98 Å². The molecule has 0 amide bonds. The van der Waals surface area contributed by atoms with Gasteiger partial charge in [0.05, 0.1) is 5.02 Å². The monoisotopic (exact) mass is 266 g/mol. The summed E-state index contributed by atoms with van der Waals surface area (Å²) < 4.78 is 19.1. The smallest absolute Gasteiger partial charge is 0.222 e. The second-order valence-corrected chi connectivity index (χ2v) is 4.23. The number of hydrogen-bond donors (Lipinski definition) is 1. The van der Waals surface area contributed by atoms with Crippen LogP contribution in [0.15, 0.2) is 30.5 Å². The van der Waals surface area contributed by atoms with Gasteiger partial charge in [0.25, 0.3) is 0 Å². The summed E-state index contributed by atoms with van der Waals surface area (Å²) in [5.41, 5.74) is 7.19. The minimum Gasteiger partial charge on any atom is -0.436 e. The number of halogens is 2. The molecule has 0 radical (unpaired) electrons. The van der Waals surface area contributed by atoms with Crippen molar-refractivity contribution in [3.05, 3.63) is 52.4 Å². The molecular formula is C13H12ClFN2O. The highest BCUT2D eigenvalue weighted by atomic mass is 35.5. The fourth-order valence-electron chi connectivity index (χ4n) is 1.51. The van der Waals surface area contributed by atoms with Gasteiger partial charge in [0.1, 0.15) is 0 Å². The van der Waals surface area contributed by atoms with Crippen molar-refractivity contribution < 1.29 is 9.13 Å². The third-order valence-corrected chi connectivity index (χ3v) is 2.74. The van der Waals surface area contributed by atoms with Crippen molar-refractivity contribution in [2.45, 2.75) is 13.5 Å². The van der Waals surface area contributed by atoms with Crippen molar-refractivity contribution in [3.63, 3.8) is 0 Å². The average Bonchev–Trinajstić information content (AvgIpc) is 2.37. The van der Waals surface area contributed by atoms with Gasteiger partial charge in [-0.3, -0.25) is 0 Å². The van der Waals surface area contributed by atoms with E-state index in [0.717, 1.165) is 11.1 Å². The summed E-state index contributed by atoms with van der Waals surface area (Å²) >= 11 is 5.68. The number of aromatic nitrogens is 1. The number of rotatable bonds is 3. The first-order valence-electron chi connectivity index (χ1n) is 5.39. The molecule has 2 N–H and O–H groups in total. The Balaban J connectivity index is 2.31. The number of aryl methyl sites for hydroxylation is 1. The van der Waals surface area contributed by atoms with Gasteiger partial charge in [-0.15, -0.1) is 0 Å². The van der Waals surface area contributed by atoms with E-state index >= 15 is 0 Å². The Bertz CT molecular complexity index is 575. The van der Waals surface area contributed by atoms with Crippen LogP contribution >= 0.6 is 11.6 Å². The SMILES string of the molecule is Cc1cc(CN)cnc1Oc1cccc(Cl)c1F. The summed E-state index contributed by atoms with van der Waals surface area (Å²) in [6.07, 6.45) is 1.60. The van der Waals surface area contributed by atoms with Gasteiger partial charge in [-0.05, 0) is 30.7 Å². The summed E-state index contributed by atoms with van der Waals surface area (Å²) in [6.45, 7) is 2.23. The maximum absolute atomic E-state index is 13.7. The van der Waals surface area contributed by atoms with Gasteiger partial charge < -0.3 is 10.5 Å². The molecule has 0 unspecified atom stereocenters. The molecular weight excluding hydrogens is 255 g/mol. The molecule has 0 aliphatic rings. The second kappa shape index (κ2) is 5.33. The number of hydrogen-bond acceptors (Lipinski definition) is 3. The van der Waals surface area contributed by atoms with E-state index < -0.39 is 5.82 Å². The molecule has 1 aromatic heterocycles. The molecule has 3 nitrogen and oxygen atoms in total. The van der Waals surface area contributed by atoms with Gasteiger partial charge in [0, 0.05) is 18.3 Å². The van der Waals surface area contributed by atoms with Crippen LogP contribution in [0.1, 0.15) is 11.1 Å². The van der Waals surface area contributed by atoms with Gasteiger partial charge in [0.15, 0.2) is 11.6 Å². The Labute approximate surface area is 109 Å². The number of pyridine rings is 1. The molecule has 2 rings (SSSR count). The predicted octanol–water partition coefficient (Wildman–Crippen LogP) is 3.43. The van der Waals surface area contributed by atoms with Gasteiger partial charge in [0.2, 0.25) is 5.88 Å². The third kappa shape index (κ3) is 2.60. The van der Waals surface area contributed by atoms with E-state index in [0.29, 0.717) is 12.4 Å². The molecule has 0 fully saturated rings. The summed E-state index contributed by atoms with van der Waals surface area (Å²) in [5.74, 6) is -0.199. The van der Waals surface area contributed by atoms with E-state index in [2.05, 4.69) is 4.98 Å². The Kier molecular flexibility index (Phi) is 3.79. The first-order valence-corrected chi connectivity index (χ1v) is 5.77. The van der Waals surface area contributed by atoms with Gasteiger partial charge in [-0.1, -0.05) is 17.7 Å². The van der Waals surface area contributed by atoms with Crippen LogP contribution in [0, 0.1) is 12.7 Å². The normalized spacial score (nSPS) is 10.4. The molecule has 0 aliphatic carbocycles. The number of benzene rings is 1. The Morgan fingerprint density at radius 2 is 2.22 bits per heavy atom. The van der Waals surface area contributed by atoms with E-state index in [-0.39, 0.29) is 10.8 Å². The molecule has 0 saturated carbocycles. The van der Waals surface area contributed by atoms with Crippen molar-refractivity contribution in [1.29, 1.82) is 0 Å².